The third kappa shape index (κ3) is 8.04. The summed E-state index contributed by atoms with van der Waals surface area (Å²) in [6, 6.07) is 33.0. The third-order valence-corrected chi connectivity index (χ3v) is 11.2. The number of ether oxygens (including phenoxy) is 1. The average molecular weight is 759 g/mol. The zero-order chi connectivity index (χ0) is 41.5. The third-order valence-electron chi connectivity index (χ3n) is 11.2. The van der Waals surface area contributed by atoms with Gasteiger partial charge in [-0.05, 0) is 116 Å². The molecule has 0 saturated carbocycles. The fourth-order valence-corrected chi connectivity index (χ4v) is 7.45. The number of rotatable bonds is 5. The van der Waals surface area contributed by atoms with Crippen molar-refractivity contribution in [3.63, 3.8) is 0 Å². The average Bonchev–Trinajstić information content (AvgIpc) is 3.71. The van der Waals surface area contributed by atoms with Gasteiger partial charge in [0.1, 0.15) is 17.3 Å². The van der Waals surface area contributed by atoms with E-state index in [1.807, 2.05) is 12.3 Å². The molecule has 5 nitrogen and oxygen atoms in total. The maximum atomic E-state index is 6.75. The van der Waals surface area contributed by atoms with Gasteiger partial charge in [0.15, 0.2) is 0 Å². The van der Waals surface area contributed by atoms with E-state index in [4.69, 9.17) is 9.72 Å². The fraction of sp³-hybridized carbons (Fsp3) is 0.385. The van der Waals surface area contributed by atoms with E-state index < -0.39 is 0 Å². The number of fused-ring (bicyclic) bond motifs is 3. The molecule has 0 saturated heterocycles. The number of benzene rings is 4. The second-order valence-electron chi connectivity index (χ2n) is 21.1. The molecule has 0 fully saturated rings. The van der Waals surface area contributed by atoms with Crippen molar-refractivity contribution in [3.05, 3.63) is 138 Å². The Kier molecular flexibility index (Phi) is 9.66. The van der Waals surface area contributed by atoms with Crippen LogP contribution in [0.4, 0.5) is 0 Å². The zero-order valence-electron chi connectivity index (χ0n) is 37.0. The van der Waals surface area contributed by atoms with E-state index in [0.29, 0.717) is 0 Å². The summed E-state index contributed by atoms with van der Waals surface area (Å²) in [5.74, 6) is 2.43. The first-order valence-electron chi connectivity index (χ1n) is 20.5. The molecule has 5 heteroatoms. The lowest BCUT2D eigenvalue weighted by Gasteiger charge is -2.26. The van der Waals surface area contributed by atoms with Gasteiger partial charge in [-0.1, -0.05) is 122 Å². The molecular weight excluding hydrogens is 697 g/mol. The lowest BCUT2D eigenvalue weighted by molar-refractivity contribution is -0.599. The highest BCUT2D eigenvalue weighted by Gasteiger charge is 2.26. The normalized spacial score (nSPS) is 13.2. The highest BCUT2D eigenvalue weighted by molar-refractivity contribution is 6.09. The van der Waals surface area contributed by atoms with E-state index in [0.717, 1.165) is 45.4 Å². The lowest BCUT2D eigenvalue weighted by Crippen LogP contribution is -2.30. The highest BCUT2D eigenvalue weighted by atomic mass is 16.5. The molecule has 3 heterocycles. The molecule has 0 bridgehead atoms. The van der Waals surface area contributed by atoms with Crippen LogP contribution in [0.25, 0.3) is 39.0 Å². The second kappa shape index (κ2) is 13.7. The van der Waals surface area contributed by atoms with Gasteiger partial charge in [0.2, 0.25) is 0 Å². The van der Waals surface area contributed by atoms with Gasteiger partial charge in [0, 0.05) is 29.2 Å². The van der Waals surface area contributed by atoms with Gasteiger partial charge in [-0.2, -0.15) is 0 Å². The molecule has 7 aromatic rings. The number of imidazole rings is 1. The summed E-state index contributed by atoms with van der Waals surface area (Å²) >= 11 is 0. The SMILES string of the molecule is CC(C)(C)c1cc(-[n+]2[c-]n(-c3cccc(Oc4ccc5c6cc(C(C)(C)C)ccc6n(-c6cc(C(C)(C)C)ccn6)c5c4)c3)c(C(C)(C)C)c2)cc(C(C)(C)C)c1. The van der Waals surface area contributed by atoms with Crippen LogP contribution in [0.3, 0.4) is 0 Å². The van der Waals surface area contributed by atoms with Crippen LogP contribution in [0.15, 0.2) is 103 Å². The minimum Gasteiger partial charge on any atom is -0.458 e. The van der Waals surface area contributed by atoms with Crippen LogP contribution < -0.4 is 9.30 Å². The van der Waals surface area contributed by atoms with E-state index >= 15 is 0 Å². The van der Waals surface area contributed by atoms with Gasteiger partial charge >= 0.3 is 0 Å². The van der Waals surface area contributed by atoms with E-state index in [-0.39, 0.29) is 27.1 Å². The zero-order valence-corrected chi connectivity index (χ0v) is 37.0. The summed E-state index contributed by atoms with van der Waals surface area (Å²) in [6.45, 7) is 34.0. The van der Waals surface area contributed by atoms with Crippen molar-refractivity contribution in [3.8, 4) is 28.7 Å². The monoisotopic (exact) mass is 758 g/mol. The Morgan fingerprint density at radius 2 is 1.14 bits per heavy atom. The largest absolute Gasteiger partial charge is 0.458 e. The van der Waals surface area contributed by atoms with Crippen LogP contribution in [0.5, 0.6) is 11.5 Å². The molecule has 0 radical (unpaired) electrons. The molecule has 7 rings (SSSR count). The number of nitrogens with zero attached hydrogens (tertiary/aromatic N) is 4. The second-order valence-corrected chi connectivity index (χ2v) is 21.1. The van der Waals surface area contributed by atoms with Crippen molar-refractivity contribution < 1.29 is 9.30 Å². The molecule has 0 aliphatic heterocycles. The molecule has 3 aromatic heterocycles. The van der Waals surface area contributed by atoms with E-state index in [9.17, 15) is 0 Å². The number of aromatic nitrogens is 4. The van der Waals surface area contributed by atoms with E-state index in [1.54, 1.807) is 0 Å². The highest BCUT2D eigenvalue weighted by Crippen LogP contribution is 2.39. The molecule has 4 aromatic carbocycles. The first-order chi connectivity index (χ1) is 26.4. The minimum absolute atomic E-state index is 0.00968. The molecule has 57 heavy (non-hydrogen) atoms. The molecular formula is C52H62N4O. The molecule has 0 spiro atoms. The van der Waals surface area contributed by atoms with Crippen LogP contribution in [0.2, 0.25) is 0 Å². The Morgan fingerprint density at radius 1 is 0.526 bits per heavy atom. The lowest BCUT2D eigenvalue weighted by atomic mass is 9.80. The van der Waals surface area contributed by atoms with Crippen molar-refractivity contribution in [2.45, 2.75) is 131 Å². The summed E-state index contributed by atoms with van der Waals surface area (Å²) in [7, 11) is 0. The smallest absolute Gasteiger partial charge is 0.269 e. The maximum absolute atomic E-state index is 6.75. The quantitative estimate of drug-likeness (QED) is 0.129. The van der Waals surface area contributed by atoms with Crippen LogP contribution >= 0.6 is 0 Å². The van der Waals surface area contributed by atoms with Crippen molar-refractivity contribution in [2.24, 2.45) is 0 Å². The minimum atomic E-state index is -0.142. The fourth-order valence-electron chi connectivity index (χ4n) is 7.45. The van der Waals surface area contributed by atoms with Crippen molar-refractivity contribution in [1.29, 1.82) is 0 Å². The Bertz CT molecular complexity index is 2590. The Hall–Kier alpha value is -5.16. The number of hydrogen-bond acceptors (Lipinski definition) is 2. The molecule has 0 unspecified atom stereocenters. The van der Waals surface area contributed by atoms with Crippen LogP contribution in [0.1, 0.15) is 132 Å². The first kappa shape index (κ1) is 40.1. The molecule has 0 atom stereocenters. The topological polar surface area (TPSA) is 35.9 Å². The van der Waals surface area contributed by atoms with Gasteiger partial charge in [0.25, 0.3) is 6.33 Å². The maximum Gasteiger partial charge on any atom is 0.269 e. The summed E-state index contributed by atoms with van der Waals surface area (Å²) in [6.07, 6.45) is 7.90. The van der Waals surface area contributed by atoms with Crippen LogP contribution in [0, 0.1) is 6.33 Å². The Labute approximate surface area is 341 Å². The van der Waals surface area contributed by atoms with Crippen LogP contribution in [-0.4, -0.2) is 14.1 Å². The summed E-state index contributed by atoms with van der Waals surface area (Å²) in [5.41, 5.74) is 10.5. The van der Waals surface area contributed by atoms with Gasteiger partial charge in [-0.25, -0.2) is 4.98 Å². The predicted octanol–water partition coefficient (Wildman–Crippen LogP) is 13.3. The summed E-state index contributed by atoms with van der Waals surface area (Å²) in [4.78, 5) is 4.92. The molecule has 0 amide bonds. The van der Waals surface area contributed by atoms with Gasteiger partial charge in [0.05, 0.1) is 28.1 Å². The molecule has 296 valence electrons. The Morgan fingerprint density at radius 3 is 1.75 bits per heavy atom. The van der Waals surface area contributed by atoms with E-state index in [1.165, 1.54) is 33.0 Å². The molecule has 0 aliphatic carbocycles. The van der Waals surface area contributed by atoms with Crippen LogP contribution in [-0.2, 0) is 27.1 Å². The summed E-state index contributed by atoms with van der Waals surface area (Å²) < 4.78 is 13.4. The van der Waals surface area contributed by atoms with Gasteiger partial charge in [-0.3, -0.25) is 13.7 Å². The standard InChI is InChI=1S/C52H62N4O/c1-48(2,3)34-19-22-44-43(28-34)42-21-20-41(31-45(42)56(44)47-29-35(23-24-53-47)49(4,5)6)57-40-18-16-17-38(30-40)55-33-54(32-46(55)52(13,14)15)39-26-36(50(7,8)9)25-37(27-39)51(10,11)12/h16-32H,1-15H3. The number of hydrogen-bond donors (Lipinski definition) is 0. The predicted molar refractivity (Wildman–Crippen MR) is 238 cm³/mol. The van der Waals surface area contributed by atoms with Crippen molar-refractivity contribution in [2.75, 3.05) is 0 Å². The van der Waals surface area contributed by atoms with Gasteiger partial charge < -0.3 is 4.74 Å². The molecule has 0 aliphatic rings. The summed E-state index contributed by atoms with van der Waals surface area (Å²) in [5, 5.41) is 2.38. The van der Waals surface area contributed by atoms with Crippen molar-refractivity contribution >= 4 is 21.8 Å². The number of pyridine rings is 1. The first-order valence-corrected chi connectivity index (χ1v) is 20.5. The van der Waals surface area contributed by atoms with E-state index in [2.05, 4.69) is 215 Å². The van der Waals surface area contributed by atoms with Crippen molar-refractivity contribution in [1.82, 2.24) is 14.1 Å². The Balaban J connectivity index is 1.33. The molecule has 0 N–H and O–H groups in total. The van der Waals surface area contributed by atoms with Gasteiger partial charge in [-0.15, -0.1) is 0 Å².